The first kappa shape index (κ1) is 14.5. The molecule has 2 N–H and O–H groups in total. The predicted molar refractivity (Wildman–Crippen MR) is 78.7 cm³/mol. The van der Waals surface area contributed by atoms with Crippen molar-refractivity contribution in [3.05, 3.63) is 35.4 Å². The van der Waals surface area contributed by atoms with Crippen molar-refractivity contribution < 1.29 is 14.3 Å². The minimum Gasteiger partial charge on any atom is -0.352 e. The Morgan fingerprint density at radius 3 is 2.86 bits per heavy atom. The number of carbonyl (C=O) groups is 1. The van der Waals surface area contributed by atoms with Gasteiger partial charge in [0.1, 0.15) is 6.10 Å². The smallest absolute Gasteiger partial charge is 0.237 e. The standard InChI is InChI=1S/C16H22N2O3/c1-16(2)20-10-13(21-16)9-18-15(19)14-7-11-5-3-4-6-12(11)8-17-14/h3-6,13-14,17H,7-10H2,1-2H3,(H,18,19). The largest absolute Gasteiger partial charge is 0.352 e. The van der Waals surface area contributed by atoms with Gasteiger partial charge in [0.15, 0.2) is 5.79 Å². The second-order valence-corrected chi connectivity index (χ2v) is 6.10. The molecule has 0 aliphatic carbocycles. The highest BCUT2D eigenvalue weighted by Gasteiger charge is 2.33. The van der Waals surface area contributed by atoms with Gasteiger partial charge in [-0.3, -0.25) is 4.79 Å². The Morgan fingerprint density at radius 1 is 1.38 bits per heavy atom. The van der Waals surface area contributed by atoms with E-state index in [1.165, 1.54) is 11.1 Å². The van der Waals surface area contributed by atoms with E-state index in [2.05, 4.69) is 22.8 Å². The Balaban J connectivity index is 1.51. The van der Waals surface area contributed by atoms with E-state index < -0.39 is 5.79 Å². The Hall–Kier alpha value is -1.43. The number of rotatable bonds is 3. The van der Waals surface area contributed by atoms with E-state index in [0.717, 1.165) is 13.0 Å². The molecule has 2 aliphatic rings. The lowest BCUT2D eigenvalue weighted by molar-refractivity contribution is -0.139. The molecular formula is C16H22N2O3. The average molecular weight is 290 g/mol. The third kappa shape index (κ3) is 3.43. The summed E-state index contributed by atoms with van der Waals surface area (Å²) in [6.07, 6.45) is 0.662. The van der Waals surface area contributed by atoms with Crippen molar-refractivity contribution in [2.75, 3.05) is 13.2 Å². The van der Waals surface area contributed by atoms with Crippen LogP contribution in [-0.2, 0) is 27.2 Å². The molecule has 0 radical (unpaired) electrons. The van der Waals surface area contributed by atoms with Crippen LogP contribution in [-0.4, -0.2) is 37.0 Å². The van der Waals surface area contributed by atoms with Crippen molar-refractivity contribution >= 4 is 5.91 Å². The summed E-state index contributed by atoms with van der Waals surface area (Å²) in [4.78, 5) is 12.3. The maximum Gasteiger partial charge on any atom is 0.237 e. The van der Waals surface area contributed by atoms with Crippen LogP contribution < -0.4 is 10.6 Å². The lowest BCUT2D eigenvalue weighted by atomic mass is 9.95. The summed E-state index contributed by atoms with van der Waals surface area (Å²) in [6, 6.07) is 8.07. The molecule has 0 bridgehead atoms. The molecule has 114 valence electrons. The molecule has 3 rings (SSSR count). The van der Waals surface area contributed by atoms with E-state index in [1.54, 1.807) is 0 Å². The van der Waals surface area contributed by atoms with Crippen LogP contribution in [0.3, 0.4) is 0 Å². The van der Waals surface area contributed by atoms with Crippen molar-refractivity contribution in [3.63, 3.8) is 0 Å². The molecule has 21 heavy (non-hydrogen) atoms. The summed E-state index contributed by atoms with van der Waals surface area (Å²) >= 11 is 0. The quantitative estimate of drug-likeness (QED) is 0.871. The van der Waals surface area contributed by atoms with Gasteiger partial charge in [-0.2, -0.15) is 0 Å². The summed E-state index contributed by atoms with van der Waals surface area (Å²) in [7, 11) is 0. The number of amides is 1. The molecule has 1 saturated heterocycles. The first-order valence-electron chi connectivity index (χ1n) is 7.43. The van der Waals surface area contributed by atoms with Crippen LogP contribution >= 0.6 is 0 Å². The van der Waals surface area contributed by atoms with Crippen LogP contribution in [0, 0.1) is 0 Å². The lowest BCUT2D eigenvalue weighted by Crippen LogP contribution is -2.49. The number of hydrogen-bond donors (Lipinski definition) is 2. The highest BCUT2D eigenvalue weighted by atomic mass is 16.7. The van der Waals surface area contributed by atoms with Crippen LogP contribution in [0.1, 0.15) is 25.0 Å². The number of benzene rings is 1. The summed E-state index contributed by atoms with van der Waals surface area (Å²) in [6.45, 7) is 5.52. The van der Waals surface area contributed by atoms with Gasteiger partial charge < -0.3 is 20.1 Å². The lowest BCUT2D eigenvalue weighted by Gasteiger charge is -2.25. The SMILES string of the molecule is CC1(C)OCC(CNC(=O)C2Cc3ccccc3CN2)O1. The summed E-state index contributed by atoms with van der Waals surface area (Å²) in [5, 5.41) is 6.24. The Labute approximate surface area is 125 Å². The fourth-order valence-electron chi connectivity index (χ4n) is 2.84. The van der Waals surface area contributed by atoms with Crippen molar-refractivity contribution in [2.24, 2.45) is 0 Å². The van der Waals surface area contributed by atoms with Gasteiger partial charge in [0.2, 0.25) is 5.91 Å². The van der Waals surface area contributed by atoms with Crippen LogP contribution in [0.15, 0.2) is 24.3 Å². The Bertz CT molecular complexity index is 530. The summed E-state index contributed by atoms with van der Waals surface area (Å²) in [5.74, 6) is -0.518. The summed E-state index contributed by atoms with van der Waals surface area (Å²) in [5.41, 5.74) is 2.52. The molecule has 5 nitrogen and oxygen atoms in total. The van der Waals surface area contributed by atoms with Crippen molar-refractivity contribution in [3.8, 4) is 0 Å². The van der Waals surface area contributed by atoms with E-state index in [0.29, 0.717) is 13.2 Å². The van der Waals surface area contributed by atoms with Crippen LogP contribution in [0.25, 0.3) is 0 Å². The van der Waals surface area contributed by atoms with E-state index in [1.807, 2.05) is 26.0 Å². The average Bonchev–Trinajstić information content (AvgIpc) is 2.83. The van der Waals surface area contributed by atoms with Gasteiger partial charge in [-0.05, 0) is 31.4 Å². The molecule has 2 aliphatic heterocycles. The topological polar surface area (TPSA) is 59.6 Å². The van der Waals surface area contributed by atoms with E-state index in [4.69, 9.17) is 9.47 Å². The Kier molecular flexibility index (Phi) is 3.97. The third-order valence-corrected chi connectivity index (χ3v) is 3.97. The number of ether oxygens (including phenoxy) is 2. The molecular weight excluding hydrogens is 268 g/mol. The molecule has 5 heteroatoms. The maximum atomic E-state index is 12.3. The van der Waals surface area contributed by atoms with E-state index >= 15 is 0 Å². The predicted octanol–water partition coefficient (Wildman–Crippen LogP) is 0.969. The van der Waals surface area contributed by atoms with Crippen molar-refractivity contribution in [1.29, 1.82) is 0 Å². The monoisotopic (exact) mass is 290 g/mol. The fraction of sp³-hybridized carbons (Fsp3) is 0.562. The van der Waals surface area contributed by atoms with Gasteiger partial charge in [-0.15, -0.1) is 0 Å². The molecule has 0 spiro atoms. The van der Waals surface area contributed by atoms with Crippen molar-refractivity contribution in [1.82, 2.24) is 10.6 Å². The van der Waals surface area contributed by atoms with E-state index in [-0.39, 0.29) is 18.1 Å². The molecule has 2 unspecified atom stereocenters. The zero-order valence-corrected chi connectivity index (χ0v) is 12.5. The van der Waals surface area contributed by atoms with Gasteiger partial charge in [-0.25, -0.2) is 0 Å². The third-order valence-electron chi connectivity index (χ3n) is 3.97. The zero-order valence-electron chi connectivity index (χ0n) is 12.5. The van der Waals surface area contributed by atoms with E-state index in [9.17, 15) is 4.79 Å². The molecule has 1 fully saturated rings. The Morgan fingerprint density at radius 2 is 2.14 bits per heavy atom. The number of hydrogen-bond acceptors (Lipinski definition) is 4. The first-order valence-corrected chi connectivity index (χ1v) is 7.43. The zero-order chi connectivity index (χ0) is 14.9. The minimum atomic E-state index is -0.544. The van der Waals surface area contributed by atoms with Gasteiger partial charge in [-0.1, -0.05) is 24.3 Å². The van der Waals surface area contributed by atoms with Gasteiger partial charge in [0.25, 0.3) is 0 Å². The minimum absolute atomic E-state index is 0.0257. The van der Waals surface area contributed by atoms with Gasteiger partial charge >= 0.3 is 0 Å². The molecule has 1 amide bonds. The molecule has 1 aromatic carbocycles. The second-order valence-electron chi connectivity index (χ2n) is 6.10. The maximum absolute atomic E-state index is 12.3. The second kappa shape index (κ2) is 5.75. The normalized spacial score (nSPS) is 27.1. The fourth-order valence-corrected chi connectivity index (χ4v) is 2.84. The number of carbonyl (C=O) groups excluding carboxylic acids is 1. The van der Waals surface area contributed by atoms with Crippen LogP contribution in [0.5, 0.6) is 0 Å². The van der Waals surface area contributed by atoms with Gasteiger partial charge in [0, 0.05) is 13.1 Å². The van der Waals surface area contributed by atoms with Crippen LogP contribution in [0.2, 0.25) is 0 Å². The number of fused-ring (bicyclic) bond motifs is 1. The highest BCUT2D eigenvalue weighted by molar-refractivity contribution is 5.82. The first-order chi connectivity index (χ1) is 10.0. The molecule has 0 aromatic heterocycles. The highest BCUT2D eigenvalue weighted by Crippen LogP contribution is 2.22. The molecule has 2 atom stereocenters. The summed E-state index contributed by atoms with van der Waals surface area (Å²) < 4.78 is 11.2. The number of nitrogens with one attached hydrogen (secondary N) is 2. The van der Waals surface area contributed by atoms with Crippen LogP contribution in [0.4, 0.5) is 0 Å². The molecule has 0 saturated carbocycles. The van der Waals surface area contributed by atoms with Crippen molar-refractivity contribution in [2.45, 2.75) is 44.7 Å². The van der Waals surface area contributed by atoms with Gasteiger partial charge in [0.05, 0.1) is 12.6 Å². The molecule has 2 heterocycles. The molecule has 1 aromatic rings.